The van der Waals surface area contributed by atoms with E-state index in [1.54, 1.807) is 0 Å². The quantitative estimate of drug-likeness (QED) is 0.0991. The van der Waals surface area contributed by atoms with E-state index in [0.717, 1.165) is 56.7 Å². The van der Waals surface area contributed by atoms with E-state index in [2.05, 4.69) is 113 Å². The summed E-state index contributed by atoms with van der Waals surface area (Å²) in [6.07, 6.45) is 41.3. The Morgan fingerprint density at radius 1 is 0.851 bits per heavy atom. The summed E-state index contributed by atoms with van der Waals surface area (Å²) in [6.45, 7) is 19.8. The fourth-order valence-electron chi connectivity index (χ4n) is 5.23. The first-order valence-electron chi connectivity index (χ1n) is 19.4. The molecule has 0 saturated carbocycles. The van der Waals surface area contributed by atoms with Crippen molar-refractivity contribution in [1.29, 1.82) is 0 Å². The molecule has 1 aliphatic heterocycles. The van der Waals surface area contributed by atoms with E-state index in [4.69, 9.17) is 0 Å². The third kappa shape index (κ3) is 25.0. The fraction of sp³-hybridized carbons (Fsp3) is 0.651. The molecule has 0 fully saturated rings. The van der Waals surface area contributed by atoms with Gasteiger partial charge < -0.3 is 15.1 Å². The normalized spacial score (nSPS) is 14.4. The van der Waals surface area contributed by atoms with Gasteiger partial charge in [0.1, 0.15) is 0 Å². The Labute approximate surface area is 292 Å². The summed E-state index contributed by atoms with van der Waals surface area (Å²) >= 11 is 0. The summed E-state index contributed by atoms with van der Waals surface area (Å²) in [7, 11) is 2.11. The van der Waals surface area contributed by atoms with E-state index in [-0.39, 0.29) is 5.78 Å². The zero-order valence-corrected chi connectivity index (χ0v) is 32.1. The van der Waals surface area contributed by atoms with E-state index in [1.165, 1.54) is 101 Å². The van der Waals surface area contributed by atoms with Crippen LogP contribution < -0.4 is 5.32 Å². The van der Waals surface area contributed by atoms with Gasteiger partial charge in [-0.3, -0.25) is 4.79 Å². The molecule has 3 rings (SSSR count). The second kappa shape index (κ2) is 31.8. The Balaban J connectivity index is 0.000000808. The lowest BCUT2D eigenvalue weighted by molar-refractivity contribution is -0.111. The molecule has 2 aliphatic carbocycles. The van der Waals surface area contributed by atoms with Gasteiger partial charge >= 0.3 is 0 Å². The standard InChI is InChI=1S/C23H42N2O.C9H12.C8H13N.C3H8/c1-4-6-8-10-11-12-14-18-24-22-17-16-21(20-23(22)26)25(3)19-15-13-9-7-5-2;1-2-9-7-5-3-4-6-8-9;1-3-5-8-7-9(8)6-4-2;1-3-2/h17,20,24H,4-16,18-19H2,1-3H3;3-5,7-8H,2,6H2,1H3;4,7H,2-3,5-6H2,1H3;3H2,1-2H3. The number of carbonyl (C=O) groups excluding carboxylic acids is 1. The van der Waals surface area contributed by atoms with Crippen LogP contribution in [0.4, 0.5) is 0 Å². The Morgan fingerprint density at radius 3 is 2.09 bits per heavy atom. The Kier molecular flexibility index (Phi) is 30.0. The maximum atomic E-state index is 12.3. The van der Waals surface area contributed by atoms with Crippen LogP contribution in [0.3, 0.4) is 0 Å². The molecular formula is C43H75N3O. The predicted molar refractivity (Wildman–Crippen MR) is 210 cm³/mol. The monoisotopic (exact) mass is 650 g/mol. The molecule has 1 N–H and O–H groups in total. The lowest BCUT2D eigenvalue weighted by Gasteiger charge is -2.24. The van der Waals surface area contributed by atoms with Gasteiger partial charge in [-0.1, -0.05) is 167 Å². The van der Waals surface area contributed by atoms with Gasteiger partial charge in [0.15, 0.2) is 0 Å². The SMILES string of the molecule is C=CCN1C=C1CCC.CCC.CCC1=CCC=CC=C1.CCCCCCCCCNC1=CCC(N(C)CCCCCCC)=CC1=O. The molecular weight excluding hydrogens is 574 g/mol. The lowest BCUT2D eigenvalue weighted by Crippen LogP contribution is -2.27. The molecule has 4 heteroatoms. The van der Waals surface area contributed by atoms with Crippen LogP contribution in [0.2, 0.25) is 0 Å². The molecule has 0 spiro atoms. The van der Waals surface area contributed by atoms with Crippen LogP contribution in [0.5, 0.6) is 0 Å². The highest BCUT2D eigenvalue weighted by Gasteiger charge is 2.17. The predicted octanol–water partition coefficient (Wildman–Crippen LogP) is 12.4. The van der Waals surface area contributed by atoms with E-state index >= 15 is 0 Å². The molecule has 1 heterocycles. The molecule has 47 heavy (non-hydrogen) atoms. The van der Waals surface area contributed by atoms with Gasteiger partial charge in [0.2, 0.25) is 5.78 Å². The van der Waals surface area contributed by atoms with Crippen LogP contribution >= 0.6 is 0 Å². The zero-order valence-electron chi connectivity index (χ0n) is 32.1. The number of hydrogen-bond donors (Lipinski definition) is 1. The van der Waals surface area contributed by atoms with Gasteiger partial charge in [0.05, 0.1) is 5.70 Å². The molecule has 268 valence electrons. The van der Waals surface area contributed by atoms with Crippen molar-refractivity contribution in [1.82, 2.24) is 15.1 Å². The van der Waals surface area contributed by atoms with Gasteiger partial charge in [0, 0.05) is 56.8 Å². The van der Waals surface area contributed by atoms with Gasteiger partial charge in [-0.15, -0.1) is 6.58 Å². The molecule has 3 aliphatic rings. The first-order valence-corrected chi connectivity index (χ1v) is 19.4. The number of ketones is 1. The average Bonchev–Trinajstić information content (AvgIpc) is 3.86. The van der Waals surface area contributed by atoms with Crippen molar-refractivity contribution in [2.24, 2.45) is 0 Å². The molecule has 0 amide bonds. The van der Waals surface area contributed by atoms with Gasteiger partial charge in [-0.25, -0.2) is 0 Å². The number of unbranched alkanes of at least 4 members (excludes halogenated alkanes) is 10. The highest BCUT2D eigenvalue weighted by atomic mass is 16.1. The molecule has 0 unspecified atom stereocenters. The maximum Gasteiger partial charge on any atom is 0.203 e. The van der Waals surface area contributed by atoms with Gasteiger partial charge in [-0.2, -0.15) is 0 Å². The lowest BCUT2D eigenvalue weighted by atomic mass is 10.1. The van der Waals surface area contributed by atoms with E-state index < -0.39 is 0 Å². The molecule has 0 aromatic heterocycles. The smallest absolute Gasteiger partial charge is 0.203 e. The number of rotatable bonds is 21. The number of allylic oxidation sites excluding steroid dienone is 9. The third-order valence-electron chi connectivity index (χ3n) is 8.18. The maximum absolute atomic E-state index is 12.3. The Hall–Kier alpha value is -2.75. The summed E-state index contributed by atoms with van der Waals surface area (Å²) in [4.78, 5) is 16.8. The van der Waals surface area contributed by atoms with Crippen LogP contribution in [-0.4, -0.2) is 42.3 Å². The van der Waals surface area contributed by atoms with E-state index in [0.29, 0.717) is 0 Å². The minimum absolute atomic E-state index is 0.145. The van der Waals surface area contributed by atoms with Crippen molar-refractivity contribution in [2.45, 2.75) is 157 Å². The Morgan fingerprint density at radius 2 is 1.49 bits per heavy atom. The fourth-order valence-corrected chi connectivity index (χ4v) is 5.23. The Bertz CT molecular complexity index is 981. The van der Waals surface area contributed by atoms with Crippen LogP contribution in [0.15, 0.2) is 84.1 Å². The summed E-state index contributed by atoms with van der Waals surface area (Å²) in [5.41, 5.74) is 4.89. The molecule has 0 atom stereocenters. The number of nitrogens with zero attached hydrogens (tertiary/aromatic N) is 2. The van der Waals surface area contributed by atoms with Crippen LogP contribution in [-0.2, 0) is 4.79 Å². The van der Waals surface area contributed by atoms with Gasteiger partial charge in [-0.05, 0) is 32.1 Å². The molecule has 0 aromatic rings. The summed E-state index contributed by atoms with van der Waals surface area (Å²) in [5, 5.41) is 3.35. The zero-order chi connectivity index (χ0) is 35.0. The van der Waals surface area contributed by atoms with Crippen LogP contribution in [0.1, 0.15) is 157 Å². The van der Waals surface area contributed by atoms with Crippen molar-refractivity contribution < 1.29 is 4.79 Å². The minimum Gasteiger partial charge on any atom is -0.382 e. The van der Waals surface area contributed by atoms with Crippen molar-refractivity contribution in [2.75, 3.05) is 26.7 Å². The van der Waals surface area contributed by atoms with E-state index in [9.17, 15) is 4.79 Å². The van der Waals surface area contributed by atoms with Crippen LogP contribution in [0.25, 0.3) is 0 Å². The first kappa shape index (κ1) is 44.2. The first-order chi connectivity index (χ1) is 22.9. The van der Waals surface area contributed by atoms with Crippen molar-refractivity contribution in [3.05, 3.63) is 84.1 Å². The summed E-state index contributed by atoms with van der Waals surface area (Å²) < 4.78 is 0. The van der Waals surface area contributed by atoms with Crippen molar-refractivity contribution in [3.8, 4) is 0 Å². The topological polar surface area (TPSA) is 35.4 Å². The molecule has 0 radical (unpaired) electrons. The second-order valence-electron chi connectivity index (χ2n) is 12.9. The minimum atomic E-state index is 0.145. The molecule has 0 saturated heterocycles. The van der Waals surface area contributed by atoms with Crippen LogP contribution in [0, 0.1) is 0 Å². The largest absolute Gasteiger partial charge is 0.382 e. The average molecular weight is 650 g/mol. The van der Waals surface area contributed by atoms with Crippen molar-refractivity contribution in [3.63, 3.8) is 0 Å². The highest BCUT2D eigenvalue weighted by Crippen LogP contribution is 2.24. The summed E-state index contributed by atoms with van der Waals surface area (Å²) in [6, 6.07) is 0. The second-order valence-corrected chi connectivity index (χ2v) is 12.9. The van der Waals surface area contributed by atoms with E-state index in [1.807, 2.05) is 12.2 Å². The van der Waals surface area contributed by atoms with Gasteiger partial charge in [0.25, 0.3) is 0 Å². The highest BCUT2D eigenvalue weighted by molar-refractivity contribution is 6.04. The number of hydrogen-bond acceptors (Lipinski definition) is 4. The number of nitrogens with one attached hydrogen (secondary N) is 1. The molecule has 4 nitrogen and oxygen atoms in total. The third-order valence-corrected chi connectivity index (χ3v) is 8.18. The summed E-state index contributed by atoms with van der Waals surface area (Å²) in [5.74, 6) is 0.145. The number of carbonyl (C=O) groups is 1. The molecule has 0 bridgehead atoms. The molecule has 0 aromatic carbocycles. The van der Waals surface area contributed by atoms with Crippen molar-refractivity contribution >= 4 is 5.78 Å².